The third-order valence-electron chi connectivity index (χ3n) is 3.46. The van der Waals surface area contributed by atoms with E-state index in [9.17, 15) is 4.79 Å². The Labute approximate surface area is 148 Å². The van der Waals surface area contributed by atoms with Gasteiger partial charge in [-0.1, -0.05) is 30.4 Å². The van der Waals surface area contributed by atoms with Gasteiger partial charge in [-0.3, -0.25) is 4.79 Å². The number of methoxy groups -OCH3 is 2. The Morgan fingerprint density at radius 2 is 1.64 bits per heavy atom. The smallest absolute Gasteiger partial charge is 0.178 e. The van der Waals surface area contributed by atoms with Gasteiger partial charge in [0.05, 0.1) is 20.8 Å². The Bertz CT molecular complexity index is 775. The second kappa shape index (κ2) is 9.33. The van der Waals surface area contributed by atoms with Crippen molar-refractivity contribution < 1.29 is 19.0 Å². The molecule has 0 saturated carbocycles. The molecule has 0 heterocycles. The average molecular weight is 338 g/mol. The summed E-state index contributed by atoms with van der Waals surface area (Å²) < 4.78 is 15.9. The Morgan fingerprint density at radius 1 is 0.920 bits per heavy atom. The van der Waals surface area contributed by atoms with Gasteiger partial charge in [-0.05, 0) is 54.5 Å². The van der Waals surface area contributed by atoms with E-state index in [1.54, 1.807) is 26.4 Å². The topological polar surface area (TPSA) is 44.8 Å². The quantitative estimate of drug-likeness (QED) is 0.669. The highest BCUT2D eigenvalue weighted by molar-refractivity contribution is 6.04. The summed E-state index contributed by atoms with van der Waals surface area (Å²) in [5, 5.41) is 0. The van der Waals surface area contributed by atoms with Crippen LogP contribution in [0.4, 0.5) is 0 Å². The van der Waals surface area contributed by atoms with Crippen LogP contribution in [0.3, 0.4) is 0 Å². The largest absolute Gasteiger partial charge is 0.497 e. The fourth-order valence-electron chi connectivity index (χ4n) is 2.22. The molecule has 4 nitrogen and oxygen atoms in total. The molecular formula is C21H22O4. The number of ether oxygens (including phenoxy) is 3. The Kier molecular flexibility index (Phi) is 6.84. The number of carbonyl (C=O) groups excluding carboxylic acids is 1. The van der Waals surface area contributed by atoms with Crippen LogP contribution in [0, 0.1) is 0 Å². The number of ketones is 1. The molecule has 130 valence electrons. The van der Waals surface area contributed by atoms with E-state index in [0.29, 0.717) is 18.1 Å². The van der Waals surface area contributed by atoms with Gasteiger partial charge in [0.2, 0.25) is 0 Å². The monoisotopic (exact) mass is 338 g/mol. The van der Waals surface area contributed by atoms with Crippen molar-refractivity contribution in [3.05, 3.63) is 65.7 Å². The molecule has 2 aromatic rings. The van der Waals surface area contributed by atoms with Crippen molar-refractivity contribution in [3.8, 4) is 17.2 Å². The number of hydrogen-bond acceptors (Lipinski definition) is 4. The minimum atomic E-state index is -0.100. The molecule has 0 atom stereocenters. The Hall–Kier alpha value is -3.01. The summed E-state index contributed by atoms with van der Waals surface area (Å²) in [6.45, 7) is 2.46. The first-order chi connectivity index (χ1) is 12.2. The highest BCUT2D eigenvalue weighted by Crippen LogP contribution is 2.28. The summed E-state index contributed by atoms with van der Waals surface area (Å²) in [5.74, 6) is 1.98. The normalized spacial score (nSPS) is 11.0. The second-order valence-corrected chi connectivity index (χ2v) is 5.19. The maximum atomic E-state index is 12.0. The number of carbonyl (C=O) groups is 1. The van der Waals surface area contributed by atoms with E-state index in [2.05, 4.69) is 0 Å². The molecule has 25 heavy (non-hydrogen) atoms. The average Bonchev–Trinajstić information content (AvgIpc) is 2.65. The Balaban J connectivity index is 2.06. The predicted molar refractivity (Wildman–Crippen MR) is 100 cm³/mol. The van der Waals surface area contributed by atoms with Crippen LogP contribution in [0.5, 0.6) is 17.2 Å². The summed E-state index contributed by atoms with van der Waals surface area (Å²) >= 11 is 0. The van der Waals surface area contributed by atoms with E-state index in [1.165, 1.54) is 12.2 Å². The van der Waals surface area contributed by atoms with Crippen LogP contribution in [-0.2, 0) is 4.79 Å². The van der Waals surface area contributed by atoms with Crippen LogP contribution in [-0.4, -0.2) is 26.6 Å². The van der Waals surface area contributed by atoms with Crippen LogP contribution in [0.15, 0.2) is 54.6 Å². The molecule has 0 spiro atoms. The molecule has 0 aliphatic heterocycles. The lowest BCUT2D eigenvalue weighted by molar-refractivity contribution is -0.110. The van der Waals surface area contributed by atoms with Crippen molar-refractivity contribution in [1.82, 2.24) is 0 Å². The molecule has 0 unspecified atom stereocenters. The lowest BCUT2D eigenvalue weighted by atomic mass is 10.1. The summed E-state index contributed by atoms with van der Waals surface area (Å²) in [6.07, 6.45) is 6.56. The van der Waals surface area contributed by atoms with Gasteiger partial charge in [-0.25, -0.2) is 0 Å². The maximum absolute atomic E-state index is 12.0. The molecule has 2 rings (SSSR count). The zero-order valence-corrected chi connectivity index (χ0v) is 14.7. The van der Waals surface area contributed by atoms with Gasteiger partial charge in [0.1, 0.15) is 5.75 Å². The van der Waals surface area contributed by atoms with Gasteiger partial charge in [0.25, 0.3) is 0 Å². The molecule has 0 saturated heterocycles. The van der Waals surface area contributed by atoms with Crippen molar-refractivity contribution >= 4 is 17.9 Å². The van der Waals surface area contributed by atoms with E-state index in [4.69, 9.17) is 14.2 Å². The molecule has 0 N–H and O–H groups in total. The van der Waals surface area contributed by atoms with E-state index in [1.807, 2.05) is 49.4 Å². The van der Waals surface area contributed by atoms with E-state index in [-0.39, 0.29) is 5.78 Å². The predicted octanol–water partition coefficient (Wildman–Crippen LogP) is 4.40. The summed E-state index contributed by atoms with van der Waals surface area (Å²) in [6, 6.07) is 13.1. The van der Waals surface area contributed by atoms with E-state index in [0.717, 1.165) is 16.9 Å². The van der Waals surface area contributed by atoms with Crippen molar-refractivity contribution in [3.63, 3.8) is 0 Å². The minimum Gasteiger partial charge on any atom is -0.497 e. The van der Waals surface area contributed by atoms with Crippen LogP contribution in [0.25, 0.3) is 12.2 Å². The first-order valence-electron chi connectivity index (χ1n) is 8.01. The first-order valence-corrected chi connectivity index (χ1v) is 8.01. The number of benzene rings is 2. The number of hydrogen-bond donors (Lipinski definition) is 0. The standard InChI is InChI=1S/C21H22O4/c1-4-25-21-15-17(10-13-20(21)24-3)9-12-18(22)11-8-16-6-5-7-19(14-16)23-2/h5-15H,4H2,1-3H3/b11-8+,12-9-. The van der Waals surface area contributed by atoms with Gasteiger partial charge >= 0.3 is 0 Å². The molecule has 0 aliphatic rings. The van der Waals surface area contributed by atoms with Gasteiger partial charge < -0.3 is 14.2 Å². The highest BCUT2D eigenvalue weighted by atomic mass is 16.5. The van der Waals surface area contributed by atoms with Crippen molar-refractivity contribution in [2.45, 2.75) is 6.92 Å². The van der Waals surface area contributed by atoms with Crippen LogP contribution in [0.1, 0.15) is 18.1 Å². The van der Waals surface area contributed by atoms with Crippen LogP contribution in [0.2, 0.25) is 0 Å². The maximum Gasteiger partial charge on any atom is 0.178 e. The number of rotatable bonds is 8. The van der Waals surface area contributed by atoms with E-state index < -0.39 is 0 Å². The van der Waals surface area contributed by atoms with Gasteiger partial charge in [-0.15, -0.1) is 0 Å². The molecule has 4 heteroatoms. The highest BCUT2D eigenvalue weighted by Gasteiger charge is 2.04. The van der Waals surface area contributed by atoms with Gasteiger partial charge in [-0.2, -0.15) is 0 Å². The minimum absolute atomic E-state index is 0.100. The fraction of sp³-hybridized carbons (Fsp3) is 0.190. The molecule has 0 amide bonds. The number of allylic oxidation sites excluding steroid dienone is 2. The lowest BCUT2D eigenvalue weighted by Gasteiger charge is -2.09. The summed E-state index contributed by atoms with van der Waals surface area (Å²) in [7, 11) is 3.21. The zero-order chi connectivity index (χ0) is 18.1. The molecule has 0 aliphatic carbocycles. The third-order valence-corrected chi connectivity index (χ3v) is 3.46. The molecule has 0 aromatic heterocycles. The van der Waals surface area contributed by atoms with Gasteiger partial charge in [0, 0.05) is 0 Å². The molecule has 0 radical (unpaired) electrons. The third kappa shape index (κ3) is 5.53. The summed E-state index contributed by atoms with van der Waals surface area (Å²) in [4.78, 5) is 12.0. The summed E-state index contributed by atoms with van der Waals surface area (Å²) in [5.41, 5.74) is 1.77. The SMILES string of the molecule is CCOc1cc(/C=C\C(=O)/C=C/c2cccc(OC)c2)ccc1OC. The van der Waals surface area contributed by atoms with Gasteiger partial charge in [0.15, 0.2) is 17.3 Å². The fourth-order valence-corrected chi connectivity index (χ4v) is 2.22. The zero-order valence-electron chi connectivity index (χ0n) is 14.7. The molecule has 0 bridgehead atoms. The Morgan fingerprint density at radius 3 is 2.28 bits per heavy atom. The molecular weight excluding hydrogens is 316 g/mol. The van der Waals surface area contributed by atoms with Crippen molar-refractivity contribution in [2.75, 3.05) is 20.8 Å². The second-order valence-electron chi connectivity index (χ2n) is 5.19. The van der Waals surface area contributed by atoms with E-state index >= 15 is 0 Å². The van der Waals surface area contributed by atoms with Crippen LogP contribution >= 0.6 is 0 Å². The van der Waals surface area contributed by atoms with Crippen molar-refractivity contribution in [2.24, 2.45) is 0 Å². The molecule has 2 aromatic carbocycles. The van der Waals surface area contributed by atoms with Crippen LogP contribution < -0.4 is 14.2 Å². The lowest BCUT2D eigenvalue weighted by Crippen LogP contribution is -1.95. The first kappa shape index (κ1) is 18.3. The van der Waals surface area contributed by atoms with Crippen molar-refractivity contribution in [1.29, 1.82) is 0 Å². The molecule has 0 fully saturated rings.